The lowest BCUT2D eigenvalue weighted by Gasteiger charge is -2.23. The molecule has 2 aromatic rings. The summed E-state index contributed by atoms with van der Waals surface area (Å²) in [4.78, 5) is 22.7. The van der Waals surface area contributed by atoms with E-state index in [9.17, 15) is 9.90 Å². The third-order valence-corrected chi connectivity index (χ3v) is 4.48. The minimum absolute atomic E-state index is 0.132. The summed E-state index contributed by atoms with van der Waals surface area (Å²) in [6.45, 7) is 6.85. The molecule has 1 N–H and O–H groups in total. The number of rotatable bonds is 5. The number of carboxylic acid groups (broad SMARTS) is 1. The Morgan fingerprint density at radius 1 is 1.57 bits per heavy atom. The summed E-state index contributed by atoms with van der Waals surface area (Å²) in [5, 5.41) is 19.0. The molecule has 2 aromatic heterocycles. The molecule has 7 heteroatoms. The van der Waals surface area contributed by atoms with Crippen molar-refractivity contribution in [3.8, 4) is 6.07 Å². The van der Waals surface area contributed by atoms with E-state index in [1.165, 1.54) is 6.33 Å². The first-order chi connectivity index (χ1) is 9.99. The highest BCUT2D eigenvalue weighted by atomic mass is 32.1. The van der Waals surface area contributed by atoms with Gasteiger partial charge in [-0.3, -0.25) is 0 Å². The van der Waals surface area contributed by atoms with E-state index in [1.807, 2.05) is 18.7 Å². The first kappa shape index (κ1) is 15.2. The smallest absolute Gasteiger partial charge is 0.346 e. The largest absolute Gasteiger partial charge is 0.477 e. The van der Waals surface area contributed by atoms with E-state index in [-0.39, 0.29) is 10.8 Å². The fraction of sp³-hybridized carbons (Fsp3) is 0.429. The molecule has 0 fully saturated rings. The van der Waals surface area contributed by atoms with Gasteiger partial charge in [-0.05, 0) is 26.3 Å². The predicted molar refractivity (Wildman–Crippen MR) is 81.8 cm³/mol. The van der Waals surface area contributed by atoms with Crippen LogP contribution in [0, 0.1) is 24.2 Å². The van der Waals surface area contributed by atoms with Gasteiger partial charge in [0, 0.05) is 13.1 Å². The second kappa shape index (κ2) is 6.06. The fourth-order valence-electron chi connectivity index (χ4n) is 2.23. The number of carbonyl (C=O) groups is 1. The SMILES string of the molecule is CCN(CC(C)C#N)c1ncnc2sc(C(=O)O)c(C)c12. The molecule has 2 heterocycles. The van der Waals surface area contributed by atoms with Crippen LogP contribution in [0.4, 0.5) is 5.82 Å². The lowest BCUT2D eigenvalue weighted by atomic mass is 10.1. The number of aryl methyl sites for hydroxylation is 1. The molecule has 0 saturated heterocycles. The number of hydrogen-bond acceptors (Lipinski definition) is 6. The van der Waals surface area contributed by atoms with Crippen LogP contribution in [0.2, 0.25) is 0 Å². The van der Waals surface area contributed by atoms with E-state index < -0.39 is 5.97 Å². The van der Waals surface area contributed by atoms with E-state index >= 15 is 0 Å². The van der Waals surface area contributed by atoms with Gasteiger partial charge in [0.25, 0.3) is 0 Å². The van der Waals surface area contributed by atoms with Crippen molar-refractivity contribution < 1.29 is 9.90 Å². The summed E-state index contributed by atoms with van der Waals surface area (Å²) < 4.78 is 0. The van der Waals surface area contributed by atoms with Crippen molar-refractivity contribution in [3.05, 3.63) is 16.8 Å². The Morgan fingerprint density at radius 3 is 2.86 bits per heavy atom. The maximum Gasteiger partial charge on any atom is 0.346 e. The van der Waals surface area contributed by atoms with Gasteiger partial charge in [-0.15, -0.1) is 11.3 Å². The van der Waals surface area contributed by atoms with Crippen LogP contribution in [0.1, 0.15) is 29.1 Å². The van der Waals surface area contributed by atoms with E-state index in [0.717, 1.165) is 16.7 Å². The van der Waals surface area contributed by atoms with Crippen molar-refractivity contribution in [3.63, 3.8) is 0 Å². The van der Waals surface area contributed by atoms with Gasteiger partial charge in [-0.2, -0.15) is 5.26 Å². The fourth-order valence-corrected chi connectivity index (χ4v) is 3.22. The van der Waals surface area contributed by atoms with E-state index in [2.05, 4.69) is 16.0 Å². The second-order valence-electron chi connectivity index (χ2n) is 4.81. The number of fused-ring (bicyclic) bond motifs is 1. The number of carboxylic acids is 1. The normalized spacial score (nSPS) is 12.1. The zero-order valence-corrected chi connectivity index (χ0v) is 12.9. The van der Waals surface area contributed by atoms with Crippen LogP contribution < -0.4 is 4.90 Å². The van der Waals surface area contributed by atoms with Crippen LogP contribution in [-0.2, 0) is 0 Å². The van der Waals surface area contributed by atoms with Crippen molar-refractivity contribution in [2.45, 2.75) is 20.8 Å². The van der Waals surface area contributed by atoms with E-state index in [0.29, 0.717) is 29.3 Å². The molecule has 2 rings (SSSR count). The van der Waals surface area contributed by atoms with Gasteiger partial charge in [-0.1, -0.05) is 0 Å². The van der Waals surface area contributed by atoms with Gasteiger partial charge in [0.05, 0.1) is 17.4 Å². The molecule has 1 unspecified atom stereocenters. The number of nitrogens with zero attached hydrogens (tertiary/aromatic N) is 4. The van der Waals surface area contributed by atoms with Gasteiger partial charge in [0.2, 0.25) is 0 Å². The molecule has 0 amide bonds. The third-order valence-electron chi connectivity index (χ3n) is 3.30. The quantitative estimate of drug-likeness (QED) is 0.913. The minimum atomic E-state index is -0.949. The predicted octanol–water partition coefficient (Wildman–Crippen LogP) is 2.68. The molecule has 0 aliphatic carbocycles. The van der Waals surface area contributed by atoms with E-state index in [1.54, 1.807) is 6.92 Å². The third kappa shape index (κ3) is 2.81. The van der Waals surface area contributed by atoms with Crippen molar-refractivity contribution in [2.75, 3.05) is 18.0 Å². The van der Waals surface area contributed by atoms with Gasteiger partial charge < -0.3 is 10.0 Å². The monoisotopic (exact) mass is 304 g/mol. The highest BCUT2D eigenvalue weighted by Gasteiger charge is 2.21. The Bertz CT molecular complexity index is 720. The number of thiophene rings is 1. The Labute approximate surface area is 126 Å². The summed E-state index contributed by atoms with van der Waals surface area (Å²) in [6.07, 6.45) is 1.44. The molecule has 0 radical (unpaired) electrons. The maximum atomic E-state index is 11.3. The van der Waals surface area contributed by atoms with Crippen molar-refractivity contribution >= 4 is 33.3 Å². The first-order valence-electron chi connectivity index (χ1n) is 6.61. The molecule has 1 atom stereocenters. The summed E-state index contributed by atoms with van der Waals surface area (Å²) in [5.41, 5.74) is 0.682. The Hall–Kier alpha value is -2.20. The molecule has 0 aliphatic rings. The van der Waals surface area contributed by atoms with Crippen LogP contribution in [0.5, 0.6) is 0 Å². The topological polar surface area (TPSA) is 90.1 Å². The number of nitriles is 1. The van der Waals surface area contributed by atoms with Crippen molar-refractivity contribution in [1.82, 2.24) is 9.97 Å². The number of anilines is 1. The molecule has 0 spiro atoms. The van der Waals surface area contributed by atoms with Crippen LogP contribution in [0.3, 0.4) is 0 Å². The average Bonchev–Trinajstić information content (AvgIpc) is 2.82. The summed E-state index contributed by atoms with van der Waals surface area (Å²) in [5.74, 6) is -0.381. The molecule has 21 heavy (non-hydrogen) atoms. The minimum Gasteiger partial charge on any atom is -0.477 e. The van der Waals surface area contributed by atoms with Crippen LogP contribution in [0.15, 0.2) is 6.33 Å². The maximum absolute atomic E-state index is 11.3. The van der Waals surface area contributed by atoms with Crippen LogP contribution in [-0.4, -0.2) is 34.1 Å². The second-order valence-corrected chi connectivity index (χ2v) is 5.81. The zero-order chi connectivity index (χ0) is 15.6. The standard InChI is InChI=1S/C14H16N4O2S/c1-4-18(6-8(2)5-15)12-10-9(3)11(14(19)20)21-13(10)17-7-16-12/h7-8H,4,6H2,1-3H3,(H,19,20). The molecule has 0 bridgehead atoms. The van der Waals surface area contributed by atoms with Gasteiger partial charge >= 0.3 is 5.97 Å². The van der Waals surface area contributed by atoms with Crippen molar-refractivity contribution in [2.24, 2.45) is 5.92 Å². The molecule has 0 saturated carbocycles. The molecule has 110 valence electrons. The Kier molecular flexibility index (Phi) is 4.38. The lowest BCUT2D eigenvalue weighted by Crippen LogP contribution is -2.28. The number of hydrogen-bond donors (Lipinski definition) is 1. The number of aromatic nitrogens is 2. The van der Waals surface area contributed by atoms with Gasteiger partial charge in [0.1, 0.15) is 21.9 Å². The molecule has 0 aromatic carbocycles. The first-order valence-corrected chi connectivity index (χ1v) is 7.43. The lowest BCUT2D eigenvalue weighted by molar-refractivity contribution is 0.0701. The van der Waals surface area contributed by atoms with E-state index in [4.69, 9.17) is 5.26 Å². The van der Waals surface area contributed by atoms with Crippen LogP contribution in [0.25, 0.3) is 10.2 Å². The average molecular weight is 304 g/mol. The summed E-state index contributed by atoms with van der Waals surface area (Å²) in [7, 11) is 0. The highest BCUT2D eigenvalue weighted by Crippen LogP contribution is 2.34. The Balaban J connectivity index is 2.58. The van der Waals surface area contributed by atoms with Gasteiger partial charge in [0.15, 0.2) is 0 Å². The van der Waals surface area contributed by atoms with Gasteiger partial charge in [-0.25, -0.2) is 14.8 Å². The van der Waals surface area contributed by atoms with Crippen LogP contribution >= 0.6 is 11.3 Å². The zero-order valence-electron chi connectivity index (χ0n) is 12.1. The summed E-state index contributed by atoms with van der Waals surface area (Å²) in [6, 6.07) is 2.21. The molecule has 0 aliphatic heterocycles. The molecule has 6 nitrogen and oxygen atoms in total. The summed E-state index contributed by atoms with van der Waals surface area (Å²) >= 11 is 1.16. The Morgan fingerprint density at radius 2 is 2.29 bits per heavy atom. The highest BCUT2D eigenvalue weighted by molar-refractivity contribution is 7.20. The number of aromatic carboxylic acids is 1. The molecular weight excluding hydrogens is 288 g/mol. The molecular formula is C14H16N4O2S. The van der Waals surface area contributed by atoms with Crippen molar-refractivity contribution in [1.29, 1.82) is 5.26 Å².